The highest BCUT2D eigenvalue weighted by molar-refractivity contribution is 5.85. The minimum absolute atomic E-state index is 0. The van der Waals surface area contributed by atoms with E-state index in [4.69, 9.17) is 4.74 Å². The molecule has 1 aliphatic heterocycles. The molecule has 1 N–H and O–H groups in total. The quantitative estimate of drug-likeness (QED) is 0.928. The number of hydrogen-bond acceptors (Lipinski definition) is 3. The zero-order valence-corrected chi connectivity index (χ0v) is 13.9. The zero-order valence-electron chi connectivity index (χ0n) is 13.1. The summed E-state index contributed by atoms with van der Waals surface area (Å²) in [6, 6.07) is 4.06. The lowest BCUT2D eigenvalue weighted by Crippen LogP contribution is -2.35. The fourth-order valence-corrected chi connectivity index (χ4v) is 2.78. The molecular formula is C16H25ClN2O2. The van der Waals surface area contributed by atoms with Gasteiger partial charge in [-0.2, -0.15) is 0 Å². The summed E-state index contributed by atoms with van der Waals surface area (Å²) in [5.41, 5.74) is 3.18. The van der Waals surface area contributed by atoms with E-state index in [1.165, 1.54) is 18.4 Å². The molecule has 0 spiro atoms. The smallest absolute Gasteiger partial charge is 0.410 e. The van der Waals surface area contributed by atoms with E-state index in [-0.39, 0.29) is 18.5 Å². The lowest BCUT2D eigenvalue weighted by atomic mass is 10.1. The Morgan fingerprint density at radius 3 is 2.33 bits per heavy atom. The predicted molar refractivity (Wildman–Crippen MR) is 87.6 cm³/mol. The van der Waals surface area contributed by atoms with E-state index in [0.717, 1.165) is 30.8 Å². The van der Waals surface area contributed by atoms with E-state index in [1.807, 2.05) is 32.9 Å². The molecule has 1 amide bonds. The van der Waals surface area contributed by atoms with Crippen LogP contribution in [0.3, 0.4) is 0 Å². The predicted octanol–water partition coefficient (Wildman–Crippen LogP) is 3.22. The number of benzene rings is 1. The normalized spacial score (nSPS) is 14.6. The molecule has 1 aromatic rings. The van der Waals surface area contributed by atoms with Crippen molar-refractivity contribution in [2.24, 2.45) is 0 Å². The maximum Gasteiger partial charge on any atom is 0.412 e. The fourth-order valence-electron chi connectivity index (χ4n) is 2.78. The summed E-state index contributed by atoms with van der Waals surface area (Å²) in [6.07, 6.45) is 2.18. The van der Waals surface area contributed by atoms with Gasteiger partial charge in [0.05, 0.1) is 0 Å². The first kappa shape index (κ1) is 17.8. The third-order valence-electron chi connectivity index (χ3n) is 3.70. The van der Waals surface area contributed by atoms with Crippen molar-refractivity contribution in [1.29, 1.82) is 0 Å². The van der Waals surface area contributed by atoms with Gasteiger partial charge in [0.2, 0.25) is 0 Å². The zero-order chi connectivity index (χ0) is 14.5. The van der Waals surface area contributed by atoms with Crippen LogP contribution in [0.15, 0.2) is 12.1 Å². The van der Waals surface area contributed by atoms with E-state index in [1.54, 1.807) is 0 Å². The van der Waals surface area contributed by atoms with Gasteiger partial charge in [0.1, 0.15) is 5.75 Å². The average molecular weight is 313 g/mol. The van der Waals surface area contributed by atoms with Crippen molar-refractivity contribution in [3.8, 4) is 5.75 Å². The topological polar surface area (TPSA) is 41.6 Å². The SMILES string of the molecule is Cc1cc(C)c(OC(=O)NCCN2CCCC2)c(C)c1.Cl. The van der Waals surface area contributed by atoms with Crippen molar-refractivity contribution >= 4 is 18.5 Å². The van der Waals surface area contributed by atoms with Crippen molar-refractivity contribution in [1.82, 2.24) is 10.2 Å². The number of nitrogens with one attached hydrogen (secondary N) is 1. The third kappa shape index (κ3) is 5.21. The monoisotopic (exact) mass is 312 g/mol. The van der Waals surface area contributed by atoms with Crippen molar-refractivity contribution in [3.63, 3.8) is 0 Å². The molecule has 1 aromatic carbocycles. The van der Waals surface area contributed by atoms with Crippen LogP contribution in [0.1, 0.15) is 29.5 Å². The molecule has 21 heavy (non-hydrogen) atoms. The fraction of sp³-hybridized carbons (Fsp3) is 0.562. The first-order chi connectivity index (χ1) is 9.56. The summed E-state index contributed by atoms with van der Waals surface area (Å²) in [4.78, 5) is 14.2. The summed E-state index contributed by atoms with van der Waals surface area (Å²) in [6.45, 7) is 9.81. The standard InChI is InChI=1S/C16H24N2O2.ClH/c1-12-10-13(2)15(14(3)11-12)20-16(19)17-6-9-18-7-4-5-8-18;/h10-11H,4-9H2,1-3H3,(H,17,19);1H. The maximum absolute atomic E-state index is 11.8. The molecule has 0 saturated carbocycles. The summed E-state index contributed by atoms with van der Waals surface area (Å²) < 4.78 is 5.43. The van der Waals surface area contributed by atoms with Gasteiger partial charge in [0.15, 0.2) is 0 Å². The molecule has 0 radical (unpaired) electrons. The van der Waals surface area contributed by atoms with E-state index in [9.17, 15) is 4.79 Å². The molecule has 4 nitrogen and oxygen atoms in total. The van der Waals surface area contributed by atoms with Gasteiger partial charge in [-0.15, -0.1) is 12.4 Å². The number of carbonyl (C=O) groups is 1. The van der Waals surface area contributed by atoms with Gasteiger partial charge in [-0.1, -0.05) is 17.7 Å². The molecule has 1 heterocycles. The highest BCUT2D eigenvalue weighted by Crippen LogP contribution is 2.24. The van der Waals surface area contributed by atoms with Gasteiger partial charge in [-0.25, -0.2) is 4.79 Å². The molecule has 0 aliphatic carbocycles. The van der Waals surface area contributed by atoms with E-state index < -0.39 is 0 Å². The number of ether oxygens (including phenoxy) is 1. The van der Waals surface area contributed by atoms with Crippen LogP contribution >= 0.6 is 12.4 Å². The molecule has 0 aromatic heterocycles. The molecule has 0 atom stereocenters. The van der Waals surface area contributed by atoms with Crippen molar-refractivity contribution in [2.75, 3.05) is 26.2 Å². The number of halogens is 1. The van der Waals surface area contributed by atoms with Gasteiger partial charge in [-0.05, 0) is 57.8 Å². The van der Waals surface area contributed by atoms with E-state index in [2.05, 4.69) is 10.2 Å². The van der Waals surface area contributed by atoms with Crippen molar-refractivity contribution in [2.45, 2.75) is 33.6 Å². The first-order valence-corrected chi connectivity index (χ1v) is 7.32. The third-order valence-corrected chi connectivity index (χ3v) is 3.70. The Bertz CT molecular complexity index is 462. The number of hydrogen-bond donors (Lipinski definition) is 1. The van der Waals surface area contributed by atoms with Gasteiger partial charge in [0.25, 0.3) is 0 Å². The Morgan fingerprint density at radius 1 is 1.19 bits per heavy atom. The molecular weight excluding hydrogens is 288 g/mol. The van der Waals surface area contributed by atoms with Crippen LogP contribution < -0.4 is 10.1 Å². The molecule has 1 aliphatic rings. The Balaban J connectivity index is 0.00000220. The number of aryl methyl sites for hydroxylation is 3. The second kappa shape index (κ2) is 8.25. The number of rotatable bonds is 4. The van der Waals surface area contributed by atoms with Gasteiger partial charge < -0.3 is 15.0 Å². The highest BCUT2D eigenvalue weighted by Gasteiger charge is 2.13. The molecule has 0 bridgehead atoms. The van der Waals surface area contributed by atoms with Crippen LogP contribution in [0.25, 0.3) is 0 Å². The Labute approximate surface area is 133 Å². The molecule has 1 fully saturated rings. The van der Waals surface area contributed by atoms with E-state index in [0.29, 0.717) is 12.3 Å². The van der Waals surface area contributed by atoms with Crippen LogP contribution in [0, 0.1) is 20.8 Å². The summed E-state index contributed by atoms with van der Waals surface area (Å²) >= 11 is 0. The average Bonchev–Trinajstić information content (AvgIpc) is 2.87. The van der Waals surface area contributed by atoms with Crippen LogP contribution in [0.4, 0.5) is 4.79 Å². The largest absolute Gasteiger partial charge is 0.412 e. The molecule has 0 unspecified atom stereocenters. The van der Waals surface area contributed by atoms with Crippen molar-refractivity contribution < 1.29 is 9.53 Å². The first-order valence-electron chi connectivity index (χ1n) is 7.32. The van der Waals surface area contributed by atoms with Crippen LogP contribution in [-0.4, -0.2) is 37.2 Å². The maximum atomic E-state index is 11.8. The number of likely N-dealkylation sites (tertiary alicyclic amines) is 1. The van der Waals surface area contributed by atoms with Crippen molar-refractivity contribution in [3.05, 3.63) is 28.8 Å². The Kier molecular flexibility index (Phi) is 6.99. The van der Waals surface area contributed by atoms with Crippen LogP contribution in [0.5, 0.6) is 5.75 Å². The summed E-state index contributed by atoms with van der Waals surface area (Å²) in [5, 5.41) is 2.82. The lowest BCUT2D eigenvalue weighted by Gasteiger charge is -2.15. The number of nitrogens with zero attached hydrogens (tertiary/aromatic N) is 1. The molecule has 5 heteroatoms. The minimum atomic E-state index is -0.362. The number of carbonyl (C=O) groups excluding carboxylic acids is 1. The Hall–Kier alpha value is -1.26. The van der Waals surface area contributed by atoms with Gasteiger partial charge in [-0.3, -0.25) is 0 Å². The minimum Gasteiger partial charge on any atom is -0.410 e. The molecule has 118 valence electrons. The van der Waals surface area contributed by atoms with Crippen LogP contribution in [0.2, 0.25) is 0 Å². The van der Waals surface area contributed by atoms with Gasteiger partial charge >= 0.3 is 6.09 Å². The second-order valence-electron chi connectivity index (χ2n) is 5.59. The highest BCUT2D eigenvalue weighted by atomic mass is 35.5. The Morgan fingerprint density at radius 2 is 1.76 bits per heavy atom. The van der Waals surface area contributed by atoms with E-state index >= 15 is 0 Å². The number of amides is 1. The molecule has 1 saturated heterocycles. The summed E-state index contributed by atoms with van der Waals surface area (Å²) in [5.74, 6) is 0.675. The second-order valence-corrected chi connectivity index (χ2v) is 5.59. The van der Waals surface area contributed by atoms with Crippen LogP contribution in [-0.2, 0) is 0 Å². The van der Waals surface area contributed by atoms with Gasteiger partial charge in [0, 0.05) is 13.1 Å². The molecule has 2 rings (SSSR count). The lowest BCUT2D eigenvalue weighted by molar-refractivity contribution is 0.198. The summed E-state index contributed by atoms with van der Waals surface area (Å²) in [7, 11) is 0.